The fourth-order valence-corrected chi connectivity index (χ4v) is 3.67. The number of rotatable bonds is 7. The number of thiocarbonyl (C=S) groups is 1. The zero-order valence-electron chi connectivity index (χ0n) is 16.2. The lowest BCUT2D eigenvalue weighted by Gasteiger charge is -2.37. The molecule has 1 aliphatic carbocycles. The third kappa shape index (κ3) is 4.18. The second-order valence-electron chi connectivity index (χ2n) is 6.73. The van der Waals surface area contributed by atoms with E-state index >= 15 is 0 Å². The van der Waals surface area contributed by atoms with Crippen molar-refractivity contribution in [3.8, 4) is 0 Å². The van der Waals surface area contributed by atoms with Gasteiger partial charge in [-0.15, -0.1) is 0 Å². The highest BCUT2D eigenvalue weighted by molar-refractivity contribution is 7.80. The van der Waals surface area contributed by atoms with Crippen LogP contribution in [0.5, 0.6) is 0 Å². The number of methoxy groups -OCH3 is 2. The highest BCUT2D eigenvalue weighted by Crippen LogP contribution is 2.38. The van der Waals surface area contributed by atoms with E-state index in [1.807, 2.05) is 11.8 Å². The van der Waals surface area contributed by atoms with Gasteiger partial charge in [-0.25, -0.2) is 9.59 Å². The van der Waals surface area contributed by atoms with Gasteiger partial charge in [0.15, 0.2) is 5.11 Å². The molecule has 0 amide bonds. The Morgan fingerprint density at radius 1 is 1.14 bits per heavy atom. The maximum Gasteiger partial charge on any atom is 0.338 e. The molecule has 1 aromatic rings. The lowest BCUT2D eigenvalue weighted by Crippen LogP contribution is -2.48. The van der Waals surface area contributed by atoms with Crippen molar-refractivity contribution in [3.05, 3.63) is 46.7 Å². The summed E-state index contributed by atoms with van der Waals surface area (Å²) >= 11 is 5.56. The molecule has 1 fully saturated rings. The monoisotopic (exact) mass is 404 g/mol. The van der Waals surface area contributed by atoms with E-state index < -0.39 is 18.0 Å². The van der Waals surface area contributed by atoms with Gasteiger partial charge in [0.25, 0.3) is 0 Å². The number of hydrogen-bond acceptors (Lipinski definition) is 6. The number of nitrogens with zero attached hydrogens (tertiary/aromatic N) is 1. The first-order chi connectivity index (χ1) is 13.5. The Morgan fingerprint density at radius 2 is 1.82 bits per heavy atom. The summed E-state index contributed by atoms with van der Waals surface area (Å²) in [6, 6.07) is 6.78. The summed E-state index contributed by atoms with van der Waals surface area (Å²) < 4.78 is 15.1. The van der Waals surface area contributed by atoms with Crippen molar-refractivity contribution in [3.63, 3.8) is 0 Å². The van der Waals surface area contributed by atoms with Crippen LogP contribution < -0.4 is 5.32 Å². The van der Waals surface area contributed by atoms with Gasteiger partial charge >= 0.3 is 11.9 Å². The smallest absolute Gasteiger partial charge is 0.338 e. The van der Waals surface area contributed by atoms with Crippen LogP contribution in [-0.2, 0) is 19.0 Å². The van der Waals surface area contributed by atoms with Crippen molar-refractivity contribution in [2.24, 2.45) is 0 Å². The van der Waals surface area contributed by atoms with E-state index in [-0.39, 0.29) is 6.61 Å². The first-order valence-electron chi connectivity index (χ1n) is 9.12. The summed E-state index contributed by atoms with van der Waals surface area (Å²) in [6.45, 7) is 2.40. The van der Waals surface area contributed by atoms with E-state index in [9.17, 15) is 9.59 Å². The molecule has 0 saturated heterocycles. The Morgan fingerprint density at radius 3 is 2.39 bits per heavy atom. The van der Waals surface area contributed by atoms with Gasteiger partial charge in [-0.05, 0) is 49.7 Å². The number of ether oxygens (including phenoxy) is 3. The third-order valence-corrected chi connectivity index (χ3v) is 5.16. The molecule has 1 aliphatic heterocycles. The third-order valence-electron chi connectivity index (χ3n) is 4.84. The molecule has 150 valence electrons. The average molecular weight is 404 g/mol. The molecule has 7 nitrogen and oxygen atoms in total. The normalized spacial score (nSPS) is 19.3. The van der Waals surface area contributed by atoms with Crippen molar-refractivity contribution < 1.29 is 23.8 Å². The number of allylic oxidation sites excluding steroid dienone is 1. The van der Waals surface area contributed by atoms with Crippen LogP contribution in [0.2, 0.25) is 0 Å². The van der Waals surface area contributed by atoms with Crippen LogP contribution >= 0.6 is 12.2 Å². The molecule has 8 heteroatoms. The molecular weight excluding hydrogens is 380 g/mol. The molecule has 0 radical (unpaired) electrons. The number of benzene rings is 1. The molecule has 1 aromatic carbocycles. The molecule has 28 heavy (non-hydrogen) atoms. The first kappa shape index (κ1) is 20.3. The highest BCUT2D eigenvalue weighted by atomic mass is 32.1. The molecule has 1 N–H and O–H groups in total. The minimum Gasteiger partial charge on any atom is -0.465 e. The Bertz CT molecular complexity index is 801. The number of nitrogens with one attached hydrogen (secondary N) is 1. The zero-order valence-corrected chi connectivity index (χ0v) is 17.0. The first-order valence-corrected chi connectivity index (χ1v) is 9.53. The minimum atomic E-state index is -0.454. The van der Waals surface area contributed by atoms with Crippen molar-refractivity contribution >= 4 is 29.3 Å². The summed E-state index contributed by atoms with van der Waals surface area (Å²) in [5.41, 5.74) is 2.57. The SMILES string of the molecule is COCCOC(=O)C1=C(C)N(C2CC2)C(=S)N[C@@H]1c1ccc(C(=O)OC)cc1. The number of hydrogen-bond donors (Lipinski definition) is 1. The van der Waals surface area contributed by atoms with Crippen LogP contribution in [0.25, 0.3) is 0 Å². The van der Waals surface area contributed by atoms with Crippen molar-refractivity contribution in [1.29, 1.82) is 0 Å². The van der Waals surface area contributed by atoms with Gasteiger partial charge in [0.1, 0.15) is 6.61 Å². The highest BCUT2D eigenvalue weighted by Gasteiger charge is 2.40. The van der Waals surface area contributed by atoms with Crippen LogP contribution in [-0.4, -0.2) is 55.4 Å². The lowest BCUT2D eigenvalue weighted by molar-refractivity contribution is -0.140. The van der Waals surface area contributed by atoms with E-state index in [1.54, 1.807) is 31.4 Å². The predicted molar refractivity (Wildman–Crippen MR) is 107 cm³/mol. The van der Waals surface area contributed by atoms with Gasteiger partial charge in [-0.2, -0.15) is 0 Å². The van der Waals surface area contributed by atoms with Gasteiger partial charge < -0.3 is 24.4 Å². The second-order valence-corrected chi connectivity index (χ2v) is 7.11. The van der Waals surface area contributed by atoms with Gasteiger partial charge in [0, 0.05) is 18.8 Å². The molecular formula is C20H24N2O5S. The van der Waals surface area contributed by atoms with Gasteiger partial charge in [-0.1, -0.05) is 12.1 Å². The van der Waals surface area contributed by atoms with Gasteiger partial charge in [0.05, 0.1) is 30.9 Å². The molecule has 0 spiro atoms. The van der Waals surface area contributed by atoms with E-state index in [0.29, 0.717) is 28.9 Å². The molecule has 0 bridgehead atoms. The van der Waals surface area contributed by atoms with E-state index in [0.717, 1.165) is 24.1 Å². The minimum absolute atomic E-state index is 0.175. The Labute approximate surface area is 169 Å². The summed E-state index contributed by atoms with van der Waals surface area (Å²) in [6.07, 6.45) is 2.09. The molecule has 2 aliphatic rings. The zero-order chi connectivity index (χ0) is 20.3. The summed E-state index contributed by atoms with van der Waals surface area (Å²) in [4.78, 5) is 26.6. The van der Waals surface area contributed by atoms with Gasteiger partial charge in [0.2, 0.25) is 0 Å². The Hall–Kier alpha value is -2.45. The fourth-order valence-electron chi connectivity index (χ4n) is 3.27. The van der Waals surface area contributed by atoms with E-state index in [1.165, 1.54) is 7.11 Å². The molecule has 3 rings (SSSR count). The van der Waals surface area contributed by atoms with Crippen LogP contribution in [0.1, 0.15) is 41.7 Å². The van der Waals surface area contributed by atoms with Crippen molar-refractivity contribution in [1.82, 2.24) is 10.2 Å². The van der Waals surface area contributed by atoms with E-state index in [4.69, 9.17) is 26.4 Å². The average Bonchev–Trinajstić information content (AvgIpc) is 3.52. The largest absolute Gasteiger partial charge is 0.465 e. The fraction of sp³-hybridized carbons (Fsp3) is 0.450. The maximum atomic E-state index is 12.9. The summed E-state index contributed by atoms with van der Waals surface area (Å²) in [7, 11) is 2.89. The van der Waals surface area contributed by atoms with E-state index in [2.05, 4.69) is 5.32 Å². The van der Waals surface area contributed by atoms with Crippen molar-refractivity contribution in [2.45, 2.75) is 31.8 Å². The second kappa shape index (κ2) is 8.70. The maximum absolute atomic E-state index is 12.9. The number of carbonyl (C=O) groups is 2. The Balaban J connectivity index is 1.93. The molecule has 1 saturated carbocycles. The number of carbonyl (C=O) groups excluding carboxylic acids is 2. The van der Waals surface area contributed by atoms with Crippen LogP contribution in [0.15, 0.2) is 35.5 Å². The van der Waals surface area contributed by atoms with Crippen LogP contribution in [0.3, 0.4) is 0 Å². The lowest BCUT2D eigenvalue weighted by atomic mass is 9.94. The summed E-state index contributed by atoms with van der Waals surface area (Å²) in [5, 5.41) is 3.86. The topological polar surface area (TPSA) is 77.1 Å². The molecule has 0 unspecified atom stereocenters. The Kier molecular flexibility index (Phi) is 6.31. The standard InChI is InChI=1S/C20H24N2O5S/c1-12-16(19(24)27-11-10-25-2)17(21-20(28)22(12)15-8-9-15)13-4-6-14(7-5-13)18(23)26-3/h4-7,15,17H,8-11H2,1-3H3,(H,21,28)/t17-/m1/s1. The molecule has 1 heterocycles. The van der Waals surface area contributed by atoms with Crippen LogP contribution in [0, 0.1) is 0 Å². The predicted octanol–water partition coefficient (Wildman–Crippen LogP) is 2.33. The summed E-state index contributed by atoms with van der Waals surface area (Å²) in [5.74, 6) is -0.818. The molecule has 1 atom stereocenters. The number of esters is 2. The van der Waals surface area contributed by atoms with Gasteiger partial charge in [-0.3, -0.25) is 0 Å². The molecule has 0 aromatic heterocycles. The van der Waals surface area contributed by atoms with Crippen LogP contribution in [0.4, 0.5) is 0 Å². The van der Waals surface area contributed by atoms with Crippen molar-refractivity contribution in [2.75, 3.05) is 27.4 Å². The quantitative estimate of drug-likeness (QED) is 0.422.